The minimum atomic E-state index is 0.183. The van der Waals surface area contributed by atoms with Gasteiger partial charge in [0.15, 0.2) is 5.82 Å². The minimum Gasteiger partial charge on any atom is -0.338 e. The molecule has 0 aromatic carbocycles. The van der Waals surface area contributed by atoms with Crippen LogP contribution < -0.4 is 0 Å². The molecule has 1 aliphatic heterocycles. The summed E-state index contributed by atoms with van der Waals surface area (Å²) in [6.45, 7) is 6.31. The monoisotopic (exact) mass is 301 g/mol. The molecule has 2 aromatic heterocycles. The standard InChI is InChI=1S/C16H23N5O/c1-10-8-14(19-18-10)13-4-3-7-21(9-13)11(2)16-17-15(20-22-16)12-5-6-12/h8,11-13H,3-7,9H2,1-2H3,(H,18,19)/t11-,13-/m0/s1. The van der Waals surface area contributed by atoms with Crippen molar-refractivity contribution in [3.63, 3.8) is 0 Å². The van der Waals surface area contributed by atoms with Crippen LogP contribution in [0.5, 0.6) is 0 Å². The number of aromatic amines is 1. The molecule has 1 N–H and O–H groups in total. The van der Waals surface area contributed by atoms with Gasteiger partial charge < -0.3 is 4.52 Å². The lowest BCUT2D eigenvalue weighted by Crippen LogP contribution is -2.36. The molecule has 2 aliphatic rings. The Labute approximate surface area is 130 Å². The molecule has 1 saturated heterocycles. The molecule has 0 spiro atoms. The van der Waals surface area contributed by atoms with Crippen LogP contribution in [0.2, 0.25) is 0 Å². The largest absolute Gasteiger partial charge is 0.338 e. The van der Waals surface area contributed by atoms with E-state index in [9.17, 15) is 0 Å². The molecule has 3 heterocycles. The van der Waals surface area contributed by atoms with Gasteiger partial charge in [-0.15, -0.1) is 0 Å². The first-order valence-electron chi connectivity index (χ1n) is 8.30. The zero-order valence-corrected chi connectivity index (χ0v) is 13.2. The average molecular weight is 301 g/mol. The summed E-state index contributed by atoms with van der Waals surface area (Å²) in [5.41, 5.74) is 2.31. The predicted molar refractivity (Wildman–Crippen MR) is 81.6 cm³/mol. The normalized spacial score (nSPS) is 24.5. The Kier molecular flexibility index (Phi) is 3.48. The molecule has 118 valence electrons. The summed E-state index contributed by atoms with van der Waals surface area (Å²) in [6.07, 6.45) is 4.80. The van der Waals surface area contributed by atoms with Gasteiger partial charge in [-0.05, 0) is 52.1 Å². The van der Waals surface area contributed by atoms with Gasteiger partial charge in [0.25, 0.3) is 0 Å². The third-order valence-corrected chi connectivity index (χ3v) is 4.90. The van der Waals surface area contributed by atoms with Crippen molar-refractivity contribution in [2.24, 2.45) is 0 Å². The molecule has 0 bridgehead atoms. The van der Waals surface area contributed by atoms with Gasteiger partial charge in [-0.25, -0.2) is 0 Å². The van der Waals surface area contributed by atoms with Crippen molar-refractivity contribution < 1.29 is 4.52 Å². The van der Waals surface area contributed by atoms with E-state index >= 15 is 0 Å². The van der Waals surface area contributed by atoms with Gasteiger partial charge >= 0.3 is 0 Å². The van der Waals surface area contributed by atoms with E-state index in [0.717, 1.165) is 30.5 Å². The fourth-order valence-corrected chi connectivity index (χ4v) is 3.33. The highest BCUT2D eigenvalue weighted by molar-refractivity contribution is 5.13. The summed E-state index contributed by atoms with van der Waals surface area (Å²) in [7, 11) is 0. The zero-order valence-electron chi connectivity index (χ0n) is 13.2. The molecular weight excluding hydrogens is 278 g/mol. The molecular formula is C16H23N5O. The SMILES string of the molecule is Cc1cc([C@H]2CCCN([C@@H](C)c3nc(C4CC4)no3)C2)n[nH]1. The second kappa shape index (κ2) is 5.50. The van der Waals surface area contributed by atoms with E-state index in [-0.39, 0.29) is 6.04 Å². The van der Waals surface area contributed by atoms with E-state index in [0.29, 0.717) is 11.8 Å². The van der Waals surface area contributed by atoms with Gasteiger partial charge in [-0.3, -0.25) is 10.00 Å². The fraction of sp³-hybridized carbons (Fsp3) is 0.688. The number of rotatable bonds is 4. The lowest BCUT2D eigenvalue weighted by molar-refractivity contribution is 0.132. The molecule has 2 atom stereocenters. The molecule has 6 nitrogen and oxygen atoms in total. The van der Waals surface area contributed by atoms with E-state index in [4.69, 9.17) is 4.52 Å². The van der Waals surface area contributed by atoms with Gasteiger partial charge in [-0.1, -0.05) is 5.16 Å². The Hall–Kier alpha value is -1.69. The summed E-state index contributed by atoms with van der Waals surface area (Å²) in [6, 6.07) is 2.35. The van der Waals surface area contributed by atoms with Crippen molar-refractivity contribution in [3.8, 4) is 0 Å². The van der Waals surface area contributed by atoms with E-state index in [1.165, 1.54) is 31.4 Å². The lowest BCUT2D eigenvalue weighted by atomic mass is 9.93. The summed E-state index contributed by atoms with van der Waals surface area (Å²) in [4.78, 5) is 7.05. The number of nitrogens with one attached hydrogen (secondary N) is 1. The maximum absolute atomic E-state index is 5.50. The van der Waals surface area contributed by atoms with Crippen LogP contribution in [0.3, 0.4) is 0 Å². The maximum Gasteiger partial charge on any atom is 0.243 e. The predicted octanol–water partition coefficient (Wildman–Crippen LogP) is 2.92. The summed E-state index contributed by atoms with van der Waals surface area (Å²) < 4.78 is 5.50. The van der Waals surface area contributed by atoms with Crippen LogP contribution in [0.4, 0.5) is 0 Å². The second-order valence-corrected chi connectivity index (χ2v) is 6.75. The van der Waals surface area contributed by atoms with Gasteiger partial charge in [0.1, 0.15) is 0 Å². The fourth-order valence-electron chi connectivity index (χ4n) is 3.33. The van der Waals surface area contributed by atoms with Crippen molar-refractivity contribution in [1.82, 2.24) is 25.2 Å². The molecule has 0 radical (unpaired) electrons. The average Bonchev–Trinajstić information content (AvgIpc) is 3.10. The maximum atomic E-state index is 5.50. The van der Waals surface area contributed by atoms with Gasteiger partial charge in [0.05, 0.1) is 11.7 Å². The van der Waals surface area contributed by atoms with E-state index < -0.39 is 0 Å². The first-order chi connectivity index (χ1) is 10.7. The Bertz CT molecular complexity index is 645. The van der Waals surface area contributed by atoms with E-state index in [1.807, 2.05) is 0 Å². The number of aryl methyl sites for hydroxylation is 1. The number of aromatic nitrogens is 4. The summed E-state index contributed by atoms with van der Waals surface area (Å²) in [5, 5.41) is 11.6. The zero-order chi connectivity index (χ0) is 15.1. The van der Waals surface area contributed by atoms with Crippen LogP contribution in [-0.2, 0) is 0 Å². The van der Waals surface area contributed by atoms with Crippen LogP contribution >= 0.6 is 0 Å². The van der Waals surface area contributed by atoms with Crippen molar-refractivity contribution in [2.75, 3.05) is 13.1 Å². The smallest absolute Gasteiger partial charge is 0.243 e. The molecule has 0 amide bonds. The summed E-state index contributed by atoms with van der Waals surface area (Å²) in [5.74, 6) is 2.71. The van der Waals surface area contributed by atoms with Crippen LogP contribution in [0.15, 0.2) is 10.6 Å². The van der Waals surface area contributed by atoms with Gasteiger partial charge in [-0.2, -0.15) is 10.1 Å². The van der Waals surface area contributed by atoms with Crippen LogP contribution in [0.1, 0.15) is 73.6 Å². The number of piperidine rings is 1. The molecule has 0 unspecified atom stereocenters. The first kappa shape index (κ1) is 13.9. The molecule has 1 aliphatic carbocycles. The van der Waals surface area contributed by atoms with Crippen LogP contribution in [0.25, 0.3) is 0 Å². The molecule has 1 saturated carbocycles. The minimum absolute atomic E-state index is 0.183. The van der Waals surface area contributed by atoms with Crippen molar-refractivity contribution in [2.45, 2.75) is 57.4 Å². The van der Waals surface area contributed by atoms with Crippen molar-refractivity contribution >= 4 is 0 Å². The molecule has 2 aromatic rings. The third-order valence-electron chi connectivity index (χ3n) is 4.90. The van der Waals surface area contributed by atoms with Crippen LogP contribution in [0, 0.1) is 6.92 Å². The van der Waals surface area contributed by atoms with E-state index in [1.54, 1.807) is 0 Å². The first-order valence-corrected chi connectivity index (χ1v) is 8.30. The number of hydrogen-bond acceptors (Lipinski definition) is 5. The Morgan fingerprint density at radius 2 is 2.18 bits per heavy atom. The lowest BCUT2D eigenvalue weighted by Gasteiger charge is -2.34. The molecule has 2 fully saturated rings. The summed E-state index contributed by atoms with van der Waals surface area (Å²) >= 11 is 0. The van der Waals surface area contributed by atoms with Gasteiger partial charge in [0.2, 0.25) is 5.89 Å². The Balaban J connectivity index is 1.46. The van der Waals surface area contributed by atoms with Crippen molar-refractivity contribution in [3.05, 3.63) is 29.2 Å². The number of hydrogen-bond donors (Lipinski definition) is 1. The highest BCUT2D eigenvalue weighted by Crippen LogP contribution is 2.39. The number of likely N-dealkylation sites (tertiary alicyclic amines) is 1. The van der Waals surface area contributed by atoms with Gasteiger partial charge in [0, 0.05) is 24.1 Å². The highest BCUT2D eigenvalue weighted by Gasteiger charge is 2.32. The molecule has 4 rings (SSSR count). The topological polar surface area (TPSA) is 70.8 Å². The van der Waals surface area contributed by atoms with Crippen molar-refractivity contribution in [1.29, 1.82) is 0 Å². The molecule has 22 heavy (non-hydrogen) atoms. The van der Waals surface area contributed by atoms with Crippen LogP contribution in [-0.4, -0.2) is 38.3 Å². The Morgan fingerprint density at radius 1 is 1.32 bits per heavy atom. The number of H-pyrrole nitrogens is 1. The quantitative estimate of drug-likeness (QED) is 0.940. The third kappa shape index (κ3) is 2.67. The molecule has 6 heteroatoms. The highest BCUT2D eigenvalue weighted by atomic mass is 16.5. The number of nitrogens with zero attached hydrogens (tertiary/aromatic N) is 4. The Morgan fingerprint density at radius 3 is 2.91 bits per heavy atom. The van der Waals surface area contributed by atoms with E-state index in [2.05, 4.69) is 45.2 Å². The second-order valence-electron chi connectivity index (χ2n) is 6.75.